The highest BCUT2D eigenvalue weighted by molar-refractivity contribution is 5.36. The van der Waals surface area contributed by atoms with Crippen molar-refractivity contribution in [2.24, 2.45) is 11.8 Å². The molecule has 1 N–H and O–H groups in total. The van der Waals surface area contributed by atoms with Crippen LogP contribution in [0.15, 0.2) is 12.4 Å². The van der Waals surface area contributed by atoms with E-state index in [0.29, 0.717) is 0 Å². The molecule has 4 heteroatoms. The lowest BCUT2D eigenvalue weighted by Gasteiger charge is -2.41. The third kappa shape index (κ3) is 2.89. The number of piperidine rings is 1. The molecule has 104 valence electrons. The Balaban J connectivity index is 1.65. The summed E-state index contributed by atoms with van der Waals surface area (Å²) in [5.41, 5.74) is 1.01. The van der Waals surface area contributed by atoms with Gasteiger partial charge in [0.2, 0.25) is 0 Å². The minimum Gasteiger partial charge on any atom is -0.355 e. The van der Waals surface area contributed by atoms with Crippen LogP contribution in [0.5, 0.6) is 0 Å². The fourth-order valence-electron chi connectivity index (χ4n) is 3.59. The van der Waals surface area contributed by atoms with E-state index in [2.05, 4.69) is 20.2 Å². The van der Waals surface area contributed by atoms with Crippen LogP contribution >= 0.6 is 0 Å². The minimum absolute atomic E-state index is 0.790. The number of anilines is 1. The molecule has 0 spiro atoms. The lowest BCUT2D eigenvalue weighted by molar-refractivity contribution is 0.202. The zero-order valence-corrected chi connectivity index (χ0v) is 11.8. The molecule has 1 aliphatic heterocycles. The first-order valence-electron chi connectivity index (χ1n) is 7.57. The van der Waals surface area contributed by atoms with Gasteiger partial charge in [0.25, 0.3) is 0 Å². The van der Waals surface area contributed by atoms with Gasteiger partial charge in [-0.05, 0) is 31.7 Å². The van der Waals surface area contributed by atoms with Gasteiger partial charge in [0.1, 0.15) is 5.82 Å². The van der Waals surface area contributed by atoms with Crippen molar-refractivity contribution in [3.63, 3.8) is 0 Å². The van der Waals surface area contributed by atoms with E-state index < -0.39 is 0 Å². The molecule has 0 amide bonds. The standard InChI is InChI=1S/C15H24N4/c1-16-8-14-9-18-15(10-17-14)19-7-6-12-4-2-3-5-13(12)11-19/h9-10,12-13,16H,2-8,11H2,1H3. The Labute approximate surface area is 115 Å². The summed E-state index contributed by atoms with van der Waals surface area (Å²) >= 11 is 0. The maximum absolute atomic E-state index is 4.58. The summed E-state index contributed by atoms with van der Waals surface area (Å²) < 4.78 is 0. The Morgan fingerprint density at radius 3 is 2.74 bits per heavy atom. The predicted octanol–water partition coefficient (Wildman–Crippen LogP) is 2.21. The molecule has 4 nitrogen and oxygen atoms in total. The smallest absolute Gasteiger partial charge is 0.147 e. The van der Waals surface area contributed by atoms with Crippen molar-refractivity contribution in [3.05, 3.63) is 18.1 Å². The highest BCUT2D eigenvalue weighted by atomic mass is 15.2. The first-order valence-corrected chi connectivity index (χ1v) is 7.57. The van der Waals surface area contributed by atoms with Crippen LogP contribution in [0.3, 0.4) is 0 Å². The Morgan fingerprint density at radius 2 is 2.00 bits per heavy atom. The number of nitrogens with zero attached hydrogens (tertiary/aromatic N) is 3. The summed E-state index contributed by atoms with van der Waals surface area (Å²) in [7, 11) is 1.93. The van der Waals surface area contributed by atoms with Crippen LogP contribution in [-0.4, -0.2) is 30.1 Å². The van der Waals surface area contributed by atoms with Crippen LogP contribution in [0.4, 0.5) is 5.82 Å². The van der Waals surface area contributed by atoms with E-state index >= 15 is 0 Å². The van der Waals surface area contributed by atoms with Gasteiger partial charge in [0.05, 0.1) is 18.1 Å². The van der Waals surface area contributed by atoms with Crippen molar-refractivity contribution in [1.29, 1.82) is 0 Å². The summed E-state index contributed by atoms with van der Waals surface area (Å²) in [5.74, 6) is 2.92. The average molecular weight is 260 g/mol. The molecular weight excluding hydrogens is 236 g/mol. The Hall–Kier alpha value is -1.16. The molecule has 0 radical (unpaired) electrons. The molecule has 1 saturated carbocycles. The van der Waals surface area contributed by atoms with Crippen molar-refractivity contribution in [3.8, 4) is 0 Å². The van der Waals surface area contributed by atoms with Crippen LogP contribution in [-0.2, 0) is 6.54 Å². The zero-order chi connectivity index (χ0) is 13.1. The van der Waals surface area contributed by atoms with Gasteiger partial charge in [0.15, 0.2) is 0 Å². The molecule has 1 saturated heterocycles. The highest BCUT2D eigenvalue weighted by Gasteiger charge is 2.31. The molecule has 3 rings (SSSR count). The van der Waals surface area contributed by atoms with Gasteiger partial charge in [0, 0.05) is 19.6 Å². The third-order valence-electron chi connectivity index (χ3n) is 4.66. The van der Waals surface area contributed by atoms with Crippen LogP contribution in [0, 0.1) is 11.8 Å². The molecule has 1 aromatic rings. The number of hydrogen-bond acceptors (Lipinski definition) is 4. The van der Waals surface area contributed by atoms with Gasteiger partial charge in [-0.2, -0.15) is 0 Å². The van der Waals surface area contributed by atoms with Crippen LogP contribution < -0.4 is 10.2 Å². The first kappa shape index (κ1) is 12.9. The number of nitrogens with one attached hydrogen (secondary N) is 1. The second kappa shape index (κ2) is 5.87. The summed E-state index contributed by atoms with van der Waals surface area (Å²) in [6, 6.07) is 0. The first-order chi connectivity index (χ1) is 9.36. The number of hydrogen-bond donors (Lipinski definition) is 1. The molecule has 2 atom stereocenters. The molecular formula is C15H24N4. The molecule has 0 bridgehead atoms. The number of fused-ring (bicyclic) bond motifs is 1. The summed E-state index contributed by atoms with van der Waals surface area (Å²) in [5, 5.41) is 3.10. The van der Waals surface area contributed by atoms with E-state index in [-0.39, 0.29) is 0 Å². The van der Waals surface area contributed by atoms with E-state index in [0.717, 1.165) is 36.4 Å². The third-order valence-corrected chi connectivity index (χ3v) is 4.66. The Morgan fingerprint density at radius 1 is 1.16 bits per heavy atom. The van der Waals surface area contributed by atoms with E-state index in [4.69, 9.17) is 0 Å². The van der Waals surface area contributed by atoms with Gasteiger partial charge < -0.3 is 10.2 Å². The van der Waals surface area contributed by atoms with E-state index in [1.165, 1.54) is 38.6 Å². The summed E-state index contributed by atoms with van der Waals surface area (Å²) in [6.45, 7) is 3.13. The lowest BCUT2D eigenvalue weighted by atomic mass is 9.75. The predicted molar refractivity (Wildman–Crippen MR) is 77.1 cm³/mol. The second-order valence-corrected chi connectivity index (χ2v) is 5.94. The lowest BCUT2D eigenvalue weighted by Crippen LogP contribution is -2.42. The SMILES string of the molecule is CNCc1cnc(N2CCC3CCCCC3C2)cn1. The van der Waals surface area contributed by atoms with E-state index in [1.807, 2.05) is 19.4 Å². The molecule has 1 aliphatic carbocycles. The molecule has 2 aliphatic rings. The maximum atomic E-state index is 4.58. The van der Waals surface area contributed by atoms with Crippen molar-refractivity contribution in [2.45, 2.75) is 38.6 Å². The molecule has 0 aromatic carbocycles. The summed E-state index contributed by atoms with van der Waals surface area (Å²) in [4.78, 5) is 11.5. The highest BCUT2D eigenvalue weighted by Crippen LogP contribution is 2.36. The van der Waals surface area contributed by atoms with Crippen molar-refractivity contribution in [1.82, 2.24) is 15.3 Å². The van der Waals surface area contributed by atoms with Crippen molar-refractivity contribution >= 4 is 5.82 Å². The second-order valence-electron chi connectivity index (χ2n) is 5.94. The molecule has 1 aromatic heterocycles. The molecule has 2 unspecified atom stereocenters. The molecule has 2 fully saturated rings. The van der Waals surface area contributed by atoms with Crippen LogP contribution in [0.25, 0.3) is 0 Å². The quantitative estimate of drug-likeness (QED) is 0.904. The number of aromatic nitrogens is 2. The topological polar surface area (TPSA) is 41.1 Å². The number of rotatable bonds is 3. The van der Waals surface area contributed by atoms with Gasteiger partial charge in [-0.3, -0.25) is 4.98 Å². The largest absolute Gasteiger partial charge is 0.355 e. The summed E-state index contributed by atoms with van der Waals surface area (Å²) in [6.07, 6.45) is 10.9. The van der Waals surface area contributed by atoms with E-state index in [1.54, 1.807) is 0 Å². The Kier molecular flexibility index (Phi) is 3.97. The van der Waals surface area contributed by atoms with Gasteiger partial charge >= 0.3 is 0 Å². The van der Waals surface area contributed by atoms with Gasteiger partial charge in [-0.15, -0.1) is 0 Å². The van der Waals surface area contributed by atoms with Crippen molar-refractivity contribution < 1.29 is 0 Å². The molecule has 2 heterocycles. The van der Waals surface area contributed by atoms with Crippen molar-refractivity contribution in [2.75, 3.05) is 25.0 Å². The van der Waals surface area contributed by atoms with Gasteiger partial charge in [-0.25, -0.2) is 4.98 Å². The fraction of sp³-hybridized carbons (Fsp3) is 0.733. The Bertz CT molecular complexity index is 403. The van der Waals surface area contributed by atoms with Gasteiger partial charge in [-0.1, -0.05) is 19.3 Å². The zero-order valence-electron chi connectivity index (χ0n) is 11.8. The van der Waals surface area contributed by atoms with Crippen LogP contribution in [0.2, 0.25) is 0 Å². The molecule has 19 heavy (non-hydrogen) atoms. The van der Waals surface area contributed by atoms with E-state index in [9.17, 15) is 0 Å². The monoisotopic (exact) mass is 260 g/mol. The maximum Gasteiger partial charge on any atom is 0.147 e. The average Bonchev–Trinajstić information content (AvgIpc) is 2.48. The van der Waals surface area contributed by atoms with Crippen LogP contribution in [0.1, 0.15) is 37.8 Å². The normalized spacial score (nSPS) is 27.1. The fourth-order valence-corrected chi connectivity index (χ4v) is 3.59. The minimum atomic E-state index is 0.790.